The molecule has 0 aliphatic heterocycles. The molecule has 0 saturated heterocycles. The number of rotatable bonds is 0. The summed E-state index contributed by atoms with van der Waals surface area (Å²) in [6.07, 6.45) is 7.96. The molecule has 0 fully saturated rings. The van der Waals surface area contributed by atoms with Gasteiger partial charge in [0, 0.05) is 0 Å². The second kappa shape index (κ2) is 2.85. The van der Waals surface area contributed by atoms with Crippen molar-refractivity contribution in [1.82, 2.24) is 0 Å². The van der Waals surface area contributed by atoms with E-state index in [9.17, 15) is 0 Å². The van der Waals surface area contributed by atoms with Crippen LogP contribution in [-0.2, 0) is 0 Å². The van der Waals surface area contributed by atoms with Crippen molar-refractivity contribution in [2.45, 2.75) is 37.2 Å². The van der Waals surface area contributed by atoms with Gasteiger partial charge in [0.1, 0.15) is 0 Å². The van der Waals surface area contributed by atoms with E-state index >= 15 is 0 Å². The standard InChI is InChI=1S/C10H13.Li/c1-8-6-9-4-2-3-5-10(9)7-8;/h6-7H,2-5H2,1H3;. The van der Waals surface area contributed by atoms with Gasteiger partial charge < -0.3 is 0 Å². The summed E-state index contributed by atoms with van der Waals surface area (Å²) in [4.78, 5) is 0. The molecule has 0 N–H and O–H groups in total. The van der Waals surface area contributed by atoms with Gasteiger partial charge in [-0.1, -0.05) is 0 Å². The molecule has 2 aliphatic rings. The van der Waals surface area contributed by atoms with E-state index in [1.165, 1.54) is 25.7 Å². The summed E-state index contributed by atoms with van der Waals surface area (Å²) in [6.45, 7) is 2.27. The van der Waals surface area contributed by atoms with Crippen LogP contribution >= 0.6 is 0 Å². The van der Waals surface area contributed by atoms with Crippen LogP contribution in [0.5, 0.6) is 0 Å². The third-order valence-corrected chi connectivity index (χ3v) is 3.16. The van der Waals surface area contributed by atoms with Gasteiger partial charge in [0.2, 0.25) is 0 Å². The number of hydrogen-bond donors (Lipinski definition) is 0. The minimum absolute atomic E-state index is 0.769. The molecule has 0 spiro atoms. The van der Waals surface area contributed by atoms with Gasteiger partial charge in [0.25, 0.3) is 0 Å². The second-order valence-electron chi connectivity index (χ2n) is 3.87. The van der Waals surface area contributed by atoms with Crippen molar-refractivity contribution in [2.75, 3.05) is 0 Å². The van der Waals surface area contributed by atoms with Crippen molar-refractivity contribution in [3.63, 3.8) is 0 Å². The van der Waals surface area contributed by atoms with Crippen molar-refractivity contribution < 1.29 is 0 Å². The van der Waals surface area contributed by atoms with Crippen molar-refractivity contribution in [2.24, 2.45) is 0 Å². The van der Waals surface area contributed by atoms with Crippen molar-refractivity contribution in [1.29, 1.82) is 0 Å². The Bertz CT molecular complexity index is 235. The average Bonchev–Trinajstić information content (AvgIpc) is 2.30. The third-order valence-electron chi connectivity index (χ3n) is 3.16. The van der Waals surface area contributed by atoms with E-state index in [0.717, 1.165) is 4.59 Å². The normalized spacial score (nSPS) is 30.5. The van der Waals surface area contributed by atoms with Crippen LogP contribution in [0.3, 0.4) is 0 Å². The molecular weight excluding hydrogens is 127 g/mol. The maximum atomic E-state index is 2.42. The Morgan fingerprint density at radius 2 is 2.09 bits per heavy atom. The van der Waals surface area contributed by atoms with E-state index < -0.39 is 0 Å². The van der Waals surface area contributed by atoms with Gasteiger partial charge in [-0.15, -0.1) is 0 Å². The molecule has 1 atom stereocenters. The monoisotopic (exact) mass is 140 g/mol. The molecule has 1 heteroatoms. The Balaban J connectivity index is 2.30. The van der Waals surface area contributed by atoms with Gasteiger partial charge in [0.05, 0.1) is 0 Å². The van der Waals surface area contributed by atoms with Crippen LogP contribution in [0.15, 0.2) is 22.8 Å². The van der Waals surface area contributed by atoms with Crippen LogP contribution in [-0.4, -0.2) is 17.7 Å². The molecule has 0 bridgehead atoms. The third kappa shape index (κ3) is 1.23. The first kappa shape index (κ1) is 7.71. The van der Waals surface area contributed by atoms with E-state index in [-0.39, 0.29) is 0 Å². The van der Waals surface area contributed by atoms with Crippen LogP contribution in [0.1, 0.15) is 32.6 Å². The molecule has 0 aromatic carbocycles. The zero-order chi connectivity index (χ0) is 7.84. The summed E-state index contributed by atoms with van der Waals surface area (Å²) in [5, 5.41) is 0. The Kier molecular flexibility index (Phi) is 2.00. The number of hydrogen-bond acceptors (Lipinski definition) is 0. The molecule has 54 valence electrons. The van der Waals surface area contributed by atoms with Gasteiger partial charge in [-0.05, 0) is 0 Å². The van der Waals surface area contributed by atoms with Crippen LogP contribution in [0.2, 0.25) is 4.59 Å². The van der Waals surface area contributed by atoms with Gasteiger partial charge in [-0.3, -0.25) is 0 Å². The predicted molar refractivity (Wildman–Crippen MR) is 48.8 cm³/mol. The summed E-state index contributed by atoms with van der Waals surface area (Å²) in [6, 6.07) is 0. The first-order chi connectivity index (χ1) is 5.29. The molecule has 11 heavy (non-hydrogen) atoms. The number of allylic oxidation sites excluding steroid dienone is 4. The van der Waals surface area contributed by atoms with Crippen LogP contribution < -0.4 is 0 Å². The van der Waals surface area contributed by atoms with E-state index in [1.807, 2.05) is 0 Å². The SMILES string of the molecule is [Li][CH]1C(C)=CC2=C1CCCC2. The van der Waals surface area contributed by atoms with Gasteiger partial charge >= 0.3 is 77.7 Å². The first-order valence-corrected chi connectivity index (χ1v) is 4.69. The van der Waals surface area contributed by atoms with Crippen molar-refractivity contribution in [3.05, 3.63) is 22.8 Å². The Hall–Kier alpha value is 0.0774. The van der Waals surface area contributed by atoms with Crippen molar-refractivity contribution in [3.8, 4) is 0 Å². The molecule has 0 nitrogen and oxygen atoms in total. The summed E-state index contributed by atoms with van der Waals surface area (Å²) >= 11 is 2.35. The molecule has 2 aliphatic carbocycles. The quantitative estimate of drug-likeness (QED) is 0.454. The molecule has 0 aromatic heterocycles. The van der Waals surface area contributed by atoms with Crippen LogP contribution in [0, 0.1) is 0 Å². The van der Waals surface area contributed by atoms with Crippen LogP contribution in [0.4, 0.5) is 0 Å². The summed E-state index contributed by atoms with van der Waals surface area (Å²) < 4.78 is 0.769. The molecule has 0 heterocycles. The minimum atomic E-state index is 0.769. The fourth-order valence-electron chi connectivity index (χ4n) is 2.29. The van der Waals surface area contributed by atoms with Gasteiger partial charge in [0.15, 0.2) is 0 Å². The van der Waals surface area contributed by atoms with E-state index in [2.05, 4.69) is 30.7 Å². The summed E-state index contributed by atoms with van der Waals surface area (Å²) in [5.74, 6) is 0. The molecular formula is C10H13Li. The average molecular weight is 140 g/mol. The van der Waals surface area contributed by atoms with E-state index in [1.54, 1.807) is 16.7 Å². The zero-order valence-corrected chi connectivity index (χ0v) is 7.48. The molecule has 1 unspecified atom stereocenters. The van der Waals surface area contributed by atoms with Gasteiger partial charge in [-0.25, -0.2) is 0 Å². The molecule has 0 amide bonds. The molecule has 0 aromatic rings. The Morgan fingerprint density at radius 1 is 1.36 bits per heavy atom. The Labute approximate surface area is 78.0 Å². The predicted octanol–water partition coefficient (Wildman–Crippen LogP) is 2.77. The van der Waals surface area contributed by atoms with E-state index in [0.29, 0.717) is 0 Å². The summed E-state index contributed by atoms with van der Waals surface area (Å²) in [5.41, 5.74) is 4.99. The fourth-order valence-corrected chi connectivity index (χ4v) is 2.29. The van der Waals surface area contributed by atoms with Gasteiger partial charge in [-0.2, -0.15) is 0 Å². The topological polar surface area (TPSA) is 0 Å². The second-order valence-corrected chi connectivity index (χ2v) is 3.87. The molecule has 0 radical (unpaired) electrons. The summed E-state index contributed by atoms with van der Waals surface area (Å²) in [7, 11) is 0. The molecule has 2 rings (SSSR count). The van der Waals surface area contributed by atoms with Crippen LogP contribution in [0.25, 0.3) is 0 Å². The maximum absolute atomic E-state index is 2.42. The van der Waals surface area contributed by atoms with E-state index in [4.69, 9.17) is 0 Å². The van der Waals surface area contributed by atoms with Crippen molar-refractivity contribution >= 4 is 17.7 Å². The Morgan fingerprint density at radius 3 is 2.82 bits per heavy atom. The molecule has 0 saturated carbocycles. The zero-order valence-electron chi connectivity index (χ0n) is 7.48. The first-order valence-electron chi connectivity index (χ1n) is 4.69. The fraction of sp³-hybridized carbons (Fsp3) is 0.600.